The van der Waals surface area contributed by atoms with Crippen LogP contribution in [-0.4, -0.2) is 27.2 Å². The van der Waals surface area contributed by atoms with Crippen molar-refractivity contribution in [1.29, 1.82) is 5.26 Å². The smallest absolute Gasteiger partial charge is 0.358 e. The minimum atomic E-state index is -0.744. The Bertz CT molecular complexity index is 463. The van der Waals surface area contributed by atoms with Crippen molar-refractivity contribution < 1.29 is 9.72 Å². The van der Waals surface area contributed by atoms with Crippen molar-refractivity contribution in [2.75, 3.05) is 6.54 Å². The second-order valence-electron chi connectivity index (χ2n) is 2.69. The molecule has 0 aromatic carbocycles. The zero-order valence-electron chi connectivity index (χ0n) is 7.88. The standard InChI is InChI=1S/C7H6ClN5O3/c8-5-3-12(11-7(5)13(15)16)4-6(14)10-2-1-9/h3H,2,4H2,(H,10,14). The van der Waals surface area contributed by atoms with Gasteiger partial charge in [0, 0.05) is 0 Å². The first kappa shape index (κ1) is 11.9. The van der Waals surface area contributed by atoms with E-state index in [-0.39, 0.29) is 18.1 Å². The van der Waals surface area contributed by atoms with Gasteiger partial charge in [-0.05, 0) is 4.92 Å². The number of nitrogens with one attached hydrogen (secondary N) is 1. The number of nitrogens with zero attached hydrogens (tertiary/aromatic N) is 4. The van der Waals surface area contributed by atoms with Gasteiger partial charge in [0.05, 0.1) is 17.4 Å². The average Bonchev–Trinajstić information content (AvgIpc) is 2.56. The van der Waals surface area contributed by atoms with Gasteiger partial charge in [-0.25, -0.2) is 0 Å². The Labute approximate surface area is 94.6 Å². The predicted molar refractivity (Wildman–Crippen MR) is 52.5 cm³/mol. The van der Waals surface area contributed by atoms with Crippen LogP contribution >= 0.6 is 11.6 Å². The maximum atomic E-state index is 11.1. The van der Waals surface area contributed by atoms with E-state index in [0.29, 0.717) is 0 Å². The summed E-state index contributed by atoms with van der Waals surface area (Å²) >= 11 is 5.52. The maximum Gasteiger partial charge on any atom is 0.408 e. The molecule has 1 N–H and O–H groups in total. The molecule has 0 saturated carbocycles. The summed E-state index contributed by atoms with van der Waals surface area (Å²) in [7, 11) is 0. The van der Waals surface area contributed by atoms with E-state index in [4.69, 9.17) is 16.9 Å². The van der Waals surface area contributed by atoms with Gasteiger partial charge in [0.25, 0.3) is 0 Å². The normalized spacial score (nSPS) is 9.50. The Morgan fingerprint density at radius 1 is 1.81 bits per heavy atom. The summed E-state index contributed by atoms with van der Waals surface area (Å²) in [4.78, 5) is 20.8. The highest BCUT2D eigenvalue weighted by molar-refractivity contribution is 6.32. The molecular formula is C7H6ClN5O3. The van der Waals surface area contributed by atoms with Gasteiger partial charge in [-0.2, -0.15) is 9.94 Å². The Morgan fingerprint density at radius 3 is 3.00 bits per heavy atom. The molecule has 0 aliphatic carbocycles. The summed E-state index contributed by atoms with van der Waals surface area (Å²) in [5, 5.41) is 24.2. The van der Waals surface area contributed by atoms with Crippen molar-refractivity contribution in [2.45, 2.75) is 6.54 Å². The third-order valence-corrected chi connectivity index (χ3v) is 1.81. The number of nitro groups is 1. The molecule has 8 nitrogen and oxygen atoms in total. The van der Waals surface area contributed by atoms with Crippen LogP contribution in [0, 0.1) is 21.4 Å². The lowest BCUT2D eigenvalue weighted by Gasteiger charge is -1.96. The highest BCUT2D eigenvalue weighted by Gasteiger charge is 2.19. The lowest BCUT2D eigenvalue weighted by Crippen LogP contribution is -2.27. The average molecular weight is 244 g/mol. The summed E-state index contributed by atoms with van der Waals surface area (Å²) < 4.78 is 1.03. The third-order valence-electron chi connectivity index (χ3n) is 1.54. The molecule has 1 aromatic rings. The highest BCUT2D eigenvalue weighted by atomic mass is 35.5. The molecular weight excluding hydrogens is 238 g/mol. The van der Waals surface area contributed by atoms with Crippen LogP contribution in [0.25, 0.3) is 0 Å². The molecule has 0 unspecified atom stereocenters. The van der Waals surface area contributed by atoms with Crippen LogP contribution in [0.4, 0.5) is 5.82 Å². The summed E-state index contributed by atoms with van der Waals surface area (Å²) in [6.07, 6.45) is 1.17. The first-order valence-electron chi connectivity index (χ1n) is 4.05. The third kappa shape index (κ3) is 2.93. The molecule has 1 amide bonds. The van der Waals surface area contributed by atoms with Gasteiger partial charge in [0.1, 0.15) is 13.1 Å². The molecule has 9 heteroatoms. The van der Waals surface area contributed by atoms with Crippen LogP contribution in [0.15, 0.2) is 6.20 Å². The molecule has 1 aromatic heterocycles. The fourth-order valence-corrected chi connectivity index (χ4v) is 1.15. The molecule has 1 rings (SSSR count). The molecule has 0 aliphatic heterocycles. The second-order valence-corrected chi connectivity index (χ2v) is 3.10. The van der Waals surface area contributed by atoms with Crippen LogP contribution in [0.2, 0.25) is 5.02 Å². The van der Waals surface area contributed by atoms with Crippen molar-refractivity contribution in [3.63, 3.8) is 0 Å². The van der Waals surface area contributed by atoms with Gasteiger partial charge in [-0.3, -0.25) is 4.79 Å². The summed E-state index contributed by atoms with van der Waals surface area (Å²) in [6.45, 7) is -0.356. The SMILES string of the molecule is N#CCNC(=O)Cn1cc(Cl)c([N+](=O)[O-])n1. The minimum Gasteiger partial charge on any atom is -0.358 e. The molecule has 1 heterocycles. The van der Waals surface area contributed by atoms with Crippen molar-refractivity contribution in [1.82, 2.24) is 15.1 Å². The first-order valence-corrected chi connectivity index (χ1v) is 4.43. The molecule has 0 radical (unpaired) electrons. The zero-order chi connectivity index (χ0) is 12.1. The van der Waals surface area contributed by atoms with Crippen LogP contribution in [0.5, 0.6) is 0 Å². The number of rotatable bonds is 4. The second kappa shape index (κ2) is 5.09. The number of amides is 1. The molecule has 0 atom stereocenters. The van der Waals surface area contributed by atoms with Gasteiger partial charge in [-0.15, -0.1) is 0 Å². The van der Waals surface area contributed by atoms with Crippen molar-refractivity contribution in [3.8, 4) is 6.07 Å². The highest BCUT2D eigenvalue weighted by Crippen LogP contribution is 2.20. The summed E-state index contributed by atoms with van der Waals surface area (Å²) in [6, 6.07) is 1.72. The first-order chi connectivity index (χ1) is 7.54. The summed E-state index contributed by atoms with van der Waals surface area (Å²) in [5.41, 5.74) is 0. The van der Waals surface area contributed by atoms with Crippen LogP contribution in [0.3, 0.4) is 0 Å². The fraction of sp³-hybridized carbons (Fsp3) is 0.286. The molecule has 0 aliphatic rings. The number of hydrogen-bond donors (Lipinski definition) is 1. The van der Waals surface area contributed by atoms with Crippen molar-refractivity contribution in [2.24, 2.45) is 0 Å². The number of hydrogen-bond acceptors (Lipinski definition) is 5. The number of aromatic nitrogens is 2. The van der Waals surface area contributed by atoms with E-state index in [1.807, 2.05) is 0 Å². The van der Waals surface area contributed by atoms with Gasteiger partial charge in [0.15, 0.2) is 5.02 Å². The molecule has 16 heavy (non-hydrogen) atoms. The Hall–Kier alpha value is -2.14. The van der Waals surface area contributed by atoms with Crippen LogP contribution in [0.1, 0.15) is 0 Å². The number of carbonyl (C=O) groups is 1. The van der Waals surface area contributed by atoms with Crippen molar-refractivity contribution >= 4 is 23.3 Å². The van der Waals surface area contributed by atoms with E-state index >= 15 is 0 Å². The molecule has 0 saturated heterocycles. The van der Waals surface area contributed by atoms with Crippen LogP contribution in [-0.2, 0) is 11.3 Å². The minimum absolute atomic E-state index is 0.129. The largest absolute Gasteiger partial charge is 0.408 e. The topological polar surface area (TPSA) is 114 Å². The number of nitriles is 1. The van der Waals surface area contributed by atoms with E-state index in [9.17, 15) is 14.9 Å². The zero-order valence-corrected chi connectivity index (χ0v) is 8.64. The Balaban J connectivity index is 2.69. The number of halogens is 1. The van der Waals surface area contributed by atoms with Crippen LogP contribution < -0.4 is 5.32 Å². The quantitative estimate of drug-likeness (QED) is 0.457. The van der Waals surface area contributed by atoms with Gasteiger partial charge >= 0.3 is 5.82 Å². The maximum absolute atomic E-state index is 11.1. The lowest BCUT2D eigenvalue weighted by atomic mass is 10.5. The van der Waals surface area contributed by atoms with E-state index in [1.54, 1.807) is 6.07 Å². The number of carbonyl (C=O) groups excluding carboxylic acids is 1. The van der Waals surface area contributed by atoms with Gasteiger partial charge < -0.3 is 15.4 Å². The van der Waals surface area contributed by atoms with E-state index in [0.717, 1.165) is 4.68 Å². The van der Waals surface area contributed by atoms with Gasteiger partial charge in [0.2, 0.25) is 5.91 Å². The lowest BCUT2D eigenvalue weighted by molar-refractivity contribution is -0.389. The Kier molecular flexibility index (Phi) is 3.79. The molecule has 0 spiro atoms. The van der Waals surface area contributed by atoms with E-state index in [1.165, 1.54) is 6.20 Å². The fourth-order valence-electron chi connectivity index (χ4n) is 0.933. The predicted octanol–water partition coefficient (Wildman–Crippen LogP) is 0.0845. The monoisotopic (exact) mass is 243 g/mol. The Morgan fingerprint density at radius 2 is 2.50 bits per heavy atom. The molecule has 0 bridgehead atoms. The van der Waals surface area contributed by atoms with E-state index in [2.05, 4.69) is 10.4 Å². The van der Waals surface area contributed by atoms with Crippen molar-refractivity contribution in [3.05, 3.63) is 21.3 Å². The molecule has 84 valence electrons. The van der Waals surface area contributed by atoms with E-state index < -0.39 is 16.6 Å². The van der Waals surface area contributed by atoms with Gasteiger partial charge in [-0.1, -0.05) is 11.6 Å². The molecule has 0 fully saturated rings. The summed E-state index contributed by atoms with van der Waals surface area (Å²) in [5.74, 6) is -0.981.